The Morgan fingerprint density at radius 2 is 1.62 bits per heavy atom. The van der Waals surface area contributed by atoms with E-state index in [1.807, 2.05) is 13.8 Å². The Bertz CT molecular complexity index is 322. The second kappa shape index (κ2) is 5.55. The van der Waals surface area contributed by atoms with Crippen LogP contribution >= 0.6 is 0 Å². The van der Waals surface area contributed by atoms with E-state index in [2.05, 4.69) is 0 Å². The van der Waals surface area contributed by atoms with Crippen molar-refractivity contribution >= 4 is 10.5 Å². The number of benzene rings is 1. The van der Waals surface area contributed by atoms with Gasteiger partial charge in [-0.1, -0.05) is 13.8 Å². The quantitative estimate of drug-likeness (QED) is 0.723. The average Bonchev–Trinajstić information content (AvgIpc) is 2.25. The first kappa shape index (κ1) is 13.3. The Morgan fingerprint density at radius 3 is 2.00 bits per heavy atom. The summed E-state index contributed by atoms with van der Waals surface area (Å²) in [7, 11) is 0.635. The van der Waals surface area contributed by atoms with Crippen molar-refractivity contribution < 1.29 is 13.2 Å². The van der Waals surface area contributed by atoms with E-state index in [1.54, 1.807) is 0 Å². The van der Waals surface area contributed by atoms with Crippen molar-refractivity contribution in [2.45, 2.75) is 38.7 Å². The second-order valence-electron chi connectivity index (χ2n) is 4.05. The van der Waals surface area contributed by atoms with Crippen LogP contribution in [0.5, 0.6) is 0 Å². The summed E-state index contributed by atoms with van der Waals surface area (Å²) in [5, 5.41) is 0. The Kier molecular flexibility index (Phi) is 4.62. The van der Waals surface area contributed by atoms with Gasteiger partial charge in [-0.2, -0.15) is 0 Å². The molecule has 0 atom stereocenters. The Balaban J connectivity index is 2.93. The molecule has 0 heterocycles. The van der Waals surface area contributed by atoms with Crippen LogP contribution in [0.2, 0.25) is 0 Å². The minimum atomic E-state index is -0.524. The molecule has 90 valence electrons. The van der Waals surface area contributed by atoms with Crippen LogP contribution in [-0.4, -0.2) is 16.1 Å². The van der Waals surface area contributed by atoms with E-state index in [0.29, 0.717) is 22.5 Å². The zero-order valence-corrected chi connectivity index (χ0v) is 12.0. The number of hydrogen-bond acceptors (Lipinski definition) is 1. The van der Waals surface area contributed by atoms with Gasteiger partial charge in [0.05, 0.1) is 5.60 Å². The van der Waals surface area contributed by atoms with Crippen molar-refractivity contribution in [3.63, 3.8) is 0 Å². The van der Waals surface area contributed by atoms with Gasteiger partial charge in [0.2, 0.25) is 0 Å². The van der Waals surface area contributed by atoms with Crippen molar-refractivity contribution in [1.82, 2.24) is 0 Å². The molecule has 0 spiro atoms. The maximum atomic E-state index is 13.0. The lowest BCUT2D eigenvalue weighted by Crippen LogP contribution is -2.33. The van der Waals surface area contributed by atoms with Crippen LogP contribution in [0.25, 0.3) is 0 Å². The van der Waals surface area contributed by atoms with E-state index >= 15 is 0 Å². The fourth-order valence-corrected chi connectivity index (χ4v) is 2.67. The molecular formula is C12H18F2OSi. The van der Waals surface area contributed by atoms with Gasteiger partial charge in [-0.25, -0.2) is 8.78 Å². The highest BCUT2D eigenvalue weighted by Crippen LogP contribution is 2.25. The van der Waals surface area contributed by atoms with Crippen molar-refractivity contribution in [1.29, 1.82) is 0 Å². The molecule has 0 aromatic heterocycles. The van der Waals surface area contributed by atoms with Gasteiger partial charge in [0, 0.05) is 12.5 Å². The standard InChI is InChI=1S/C12H18F2OSi/c1-3-12(4-2,15-16)8-9-5-10(13)7-11(14)6-9/h5-7H,3-4,8H2,1-2,16H3. The zero-order valence-electron chi connectivity index (χ0n) is 10.0. The van der Waals surface area contributed by atoms with Crippen molar-refractivity contribution in [2.24, 2.45) is 0 Å². The molecule has 0 aliphatic rings. The van der Waals surface area contributed by atoms with E-state index in [-0.39, 0.29) is 5.60 Å². The molecule has 16 heavy (non-hydrogen) atoms. The normalized spacial score (nSPS) is 12.0. The van der Waals surface area contributed by atoms with E-state index in [0.717, 1.165) is 18.9 Å². The van der Waals surface area contributed by atoms with E-state index < -0.39 is 11.6 Å². The summed E-state index contributed by atoms with van der Waals surface area (Å²) in [6, 6.07) is 3.65. The smallest absolute Gasteiger partial charge is 0.146 e. The Morgan fingerprint density at radius 1 is 1.12 bits per heavy atom. The molecule has 1 nitrogen and oxygen atoms in total. The summed E-state index contributed by atoms with van der Waals surface area (Å²) in [6.45, 7) is 4.08. The average molecular weight is 244 g/mol. The minimum absolute atomic E-state index is 0.257. The number of hydrogen-bond donors (Lipinski definition) is 0. The van der Waals surface area contributed by atoms with E-state index in [1.165, 1.54) is 12.1 Å². The predicted molar refractivity (Wildman–Crippen MR) is 64.4 cm³/mol. The maximum Gasteiger partial charge on any atom is 0.146 e. The largest absolute Gasteiger partial charge is 0.422 e. The molecular weight excluding hydrogens is 226 g/mol. The summed E-state index contributed by atoms with van der Waals surface area (Å²) >= 11 is 0. The second-order valence-corrected chi connectivity index (χ2v) is 4.46. The monoisotopic (exact) mass is 244 g/mol. The van der Waals surface area contributed by atoms with Gasteiger partial charge in [-0.15, -0.1) is 0 Å². The molecule has 0 N–H and O–H groups in total. The molecule has 1 aromatic carbocycles. The summed E-state index contributed by atoms with van der Waals surface area (Å²) in [5.41, 5.74) is 0.406. The molecule has 1 aromatic rings. The van der Waals surface area contributed by atoms with Gasteiger partial charge in [-0.3, -0.25) is 0 Å². The van der Waals surface area contributed by atoms with Crippen molar-refractivity contribution in [3.05, 3.63) is 35.4 Å². The van der Waals surface area contributed by atoms with Gasteiger partial charge in [0.1, 0.15) is 22.1 Å². The van der Waals surface area contributed by atoms with Gasteiger partial charge >= 0.3 is 0 Å². The lowest BCUT2D eigenvalue weighted by atomic mass is 9.89. The highest BCUT2D eigenvalue weighted by atomic mass is 28.2. The third-order valence-corrected chi connectivity index (χ3v) is 4.04. The topological polar surface area (TPSA) is 9.23 Å². The number of rotatable bonds is 5. The van der Waals surface area contributed by atoms with E-state index in [4.69, 9.17) is 4.43 Å². The third-order valence-electron chi connectivity index (χ3n) is 3.17. The third kappa shape index (κ3) is 3.12. The molecule has 0 bridgehead atoms. The first-order chi connectivity index (χ1) is 7.55. The molecule has 0 saturated heterocycles. The highest BCUT2D eigenvalue weighted by molar-refractivity contribution is 5.98. The number of halogens is 2. The van der Waals surface area contributed by atoms with Crippen LogP contribution < -0.4 is 0 Å². The summed E-state index contributed by atoms with van der Waals surface area (Å²) in [6.07, 6.45) is 2.27. The fraction of sp³-hybridized carbons (Fsp3) is 0.500. The van der Waals surface area contributed by atoms with Gasteiger partial charge in [-0.05, 0) is 30.5 Å². The first-order valence-corrected chi connectivity index (χ1v) is 6.37. The van der Waals surface area contributed by atoms with Crippen LogP contribution in [0, 0.1) is 11.6 Å². The summed E-state index contributed by atoms with van der Waals surface area (Å²) in [5.74, 6) is -1.05. The fourth-order valence-electron chi connectivity index (χ4n) is 1.95. The molecule has 0 aliphatic heterocycles. The Hall–Kier alpha value is -0.743. The van der Waals surface area contributed by atoms with Gasteiger partial charge < -0.3 is 4.43 Å². The van der Waals surface area contributed by atoms with Crippen molar-refractivity contribution in [2.75, 3.05) is 0 Å². The molecule has 0 saturated carbocycles. The van der Waals surface area contributed by atoms with Crippen LogP contribution in [0.3, 0.4) is 0 Å². The highest BCUT2D eigenvalue weighted by Gasteiger charge is 2.25. The Labute approximate surface area is 98.4 Å². The lowest BCUT2D eigenvalue weighted by Gasteiger charge is -2.31. The van der Waals surface area contributed by atoms with E-state index in [9.17, 15) is 8.78 Å². The van der Waals surface area contributed by atoms with Crippen LogP contribution in [0.1, 0.15) is 32.3 Å². The lowest BCUT2D eigenvalue weighted by molar-refractivity contribution is 0.0712. The van der Waals surface area contributed by atoms with Gasteiger partial charge in [0.25, 0.3) is 0 Å². The summed E-state index contributed by atoms with van der Waals surface area (Å²) in [4.78, 5) is 0. The van der Waals surface area contributed by atoms with Crippen LogP contribution in [0.15, 0.2) is 18.2 Å². The van der Waals surface area contributed by atoms with Gasteiger partial charge in [0.15, 0.2) is 0 Å². The minimum Gasteiger partial charge on any atom is -0.422 e. The summed E-state index contributed by atoms with van der Waals surface area (Å²) < 4.78 is 31.7. The first-order valence-electron chi connectivity index (χ1n) is 5.55. The molecule has 1 rings (SSSR count). The predicted octanol–water partition coefficient (Wildman–Crippen LogP) is 2.36. The molecule has 0 unspecified atom stereocenters. The molecule has 0 aliphatic carbocycles. The SMILES string of the molecule is CCC(CC)(Cc1cc(F)cc(F)c1)O[SiH3]. The molecule has 0 amide bonds. The maximum absolute atomic E-state index is 13.0. The molecule has 4 heteroatoms. The molecule has 0 radical (unpaired) electrons. The zero-order chi connectivity index (χ0) is 12.2. The van der Waals surface area contributed by atoms with Crippen molar-refractivity contribution in [3.8, 4) is 0 Å². The van der Waals surface area contributed by atoms with Crippen LogP contribution in [-0.2, 0) is 10.8 Å². The molecule has 0 fully saturated rings. The van der Waals surface area contributed by atoms with Crippen LogP contribution in [0.4, 0.5) is 8.78 Å².